The molecule has 0 spiro atoms. The molecule has 0 aliphatic rings. The number of halogens is 2. The first-order valence-electron chi connectivity index (χ1n) is 4.72. The molecule has 1 unspecified atom stereocenters. The monoisotopic (exact) mass is 249 g/mol. The molecular formula is C9H13Cl2N3O. The third kappa shape index (κ3) is 3.81. The number of aromatic nitrogens is 2. The standard InChI is InChI=1S/C9H13Cl2N3O/c1-2-6(3-4-15)13-8-7(10)5-12-9(11)14-8/h5-6,15H,2-4H2,1H3,(H,12,13,14). The molecule has 1 atom stereocenters. The summed E-state index contributed by atoms with van der Waals surface area (Å²) in [7, 11) is 0. The third-order valence-corrected chi connectivity index (χ3v) is 2.48. The van der Waals surface area contributed by atoms with Crippen LogP contribution in [0, 0.1) is 0 Å². The molecular weight excluding hydrogens is 237 g/mol. The van der Waals surface area contributed by atoms with E-state index in [9.17, 15) is 0 Å². The van der Waals surface area contributed by atoms with Crippen molar-refractivity contribution in [2.75, 3.05) is 11.9 Å². The highest BCUT2D eigenvalue weighted by Gasteiger charge is 2.09. The van der Waals surface area contributed by atoms with Gasteiger partial charge in [0.05, 0.1) is 6.20 Å². The van der Waals surface area contributed by atoms with Crippen molar-refractivity contribution in [3.8, 4) is 0 Å². The van der Waals surface area contributed by atoms with E-state index in [2.05, 4.69) is 15.3 Å². The van der Waals surface area contributed by atoms with Gasteiger partial charge in [0, 0.05) is 12.6 Å². The number of aliphatic hydroxyl groups excluding tert-OH is 1. The summed E-state index contributed by atoms with van der Waals surface area (Å²) in [6.45, 7) is 2.14. The van der Waals surface area contributed by atoms with Gasteiger partial charge in [-0.05, 0) is 24.4 Å². The summed E-state index contributed by atoms with van der Waals surface area (Å²) in [5.41, 5.74) is 0. The quantitative estimate of drug-likeness (QED) is 0.787. The first-order valence-corrected chi connectivity index (χ1v) is 5.48. The molecule has 6 heteroatoms. The van der Waals surface area contributed by atoms with E-state index in [1.807, 2.05) is 6.92 Å². The molecule has 0 aromatic carbocycles. The topological polar surface area (TPSA) is 58.0 Å². The van der Waals surface area contributed by atoms with E-state index < -0.39 is 0 Å². The Balaban J connectivity index is 2.73. The van der Waals surface area contributed by atoms with Crippen LogP contribution in [-0.2, 0) is 0 Å². The van der Waals surface area contributed by atoms with E-state index >= 15 is 0 Å². The Bertz CT molecular complexity index is 322. The van der Waals surface area contributed by atoms with Crippen molar-refractivity contribution < 1.29 is 5.11 Å². The van der Waals surface area contributed by atoms with Crippen LogP contribution in [0.4, 0.5) is 5.82 Å². The van der Waals surface area contributed by atoms with Crippen molar-refractivity contribution in [1.29, 1.82) is 0 Å². The van der Waals surface area contributed by atoms with Crippen LogP contribution < -0.4 is 5.32 Å². The van der Waals surface area contributed by atoms with Crippen molar-refractivity contribution in [1.82, 2.24) is 9.97 Å². The van der Waals surface area contributed by atoms with Gasteiger partial charge in [-0.3, -0.25) is 0 Å². The Morgan fingerprint density at radius 1 is 1.53 bits per heavy atom. The maximum Gasteiger partial charge on any atom is 0.224 e. The largest absolute Gasteiger partial charge is 0.396 e. The van der Waals surface area contributed by atoms with E-state index in [1.54, 1.807) is 0 Å². The van der Waals surface area contributed by atoms with Gasteiger partial charge in [0.2, 0.25) is 5.28 Å². The van der Waals surface area contributed by atoms with Gasteiger partial charge in [-0.15, -0.1) is 0 Å². The molecule has 1 aromatic rings. The highest BCUT2D eigenvalue weighted by atomic mass is 35.5. The van der Waals surface area contributed by atoms with Gasteiger partial charge >= 0.3 is 0 Å². The summed E-state index contributed by atoms with van der Waals surface area (Å²) in [6, 6.07) is 0.137. The summed E-state index contributed by atoms with van der Waals surface area (Å²) in [6.07, 6.45) is 2.97. The zero-order valence-corrected chi connectivity index (χ0v) is 9.89. The molecule has 0 aliphatic heterocycles. The number of nitrogens with zero attached hydrogens (tertiary/aromatic N) is 2. The molecule has 0 bridgehead atoms. The van der Waals surface area contributed by atoms with Crippen LogP contribution >= 0.6 is 23.2 Å². The van der Waals surface area contributed by atoms with Gasteiger partial charge in [0.15, 0.2) is 0 Å². The number of rotatable bonds is 5. The second-order valence-corrected chi connectivity index (χ2v) is 3.84. The fourth-order valence-corrected chi connectivity index (χ4v) is 1.45. The number of nitrogens with one attached hydrogen (secondary N) is 1. The molecule has 0 fully saturated rings. The lowest BCUT2D eigenvalue weighted by molar-refractivity contribution is 0.278. The Hall–Kier alpha value is -0.580. The zero-order valence-electron chi connectivity index (χ0n) is 8.37. The van der Waals surface area contributed by atoms with Gasteiger partial charge in [-0.2, -0.15) is 4.98 Å². The minimum atomic E-state index is 0.127. The Morgan fingerprint density at radius 2 is 2.27 bits per heavy atom. The summed E-state index contributed by atoms with van der Waals surface area (Å²) in [5.74, 6) is 0.511. The SMILES string of the molecule is CCC(CCO)Nc1nc(Cl)ncc1Cl. The summed E-state index contributed by atoms with van der Waals surface area (Å²) in [4.78, 5) is 7.72. The molecule has 84 valence electrons. The Morgan fingerprint density at radius 3 is 2.87 bits per heavy atom. The molecule has 1 heterocycles. The summed E-state index contributed by atoms with van der Waals surface area (Å²) in [5, 5.41) is 12.5. The maximum atomic E-state index is 8.84. The van der Waals surface area contributed by atoms with E-state index in [4.69, 9.17) is 28.3 Å². The van der Waals surface area contributed by atoms with E-state index in [0.29, 0.717) is 17.3 Å². The van der Waals surface area contributed by atoms with Crippen molar-refractivity contribution >= 4 is 29.0 Å². The lowest BCUT2D eigenvalue weighted by Crippen LogP contribution is -2.20. The lowest BCUT2D eigenvalue weighted by atomic mass is 10.1. The summed E-state index contributed by atoms with van der Waals surface area (Å²) < 4.78 is 0. The normalized spacial score (nSPS) is 12.5. The predicted molar refractivity (Wildman–Crippen MR) is 61.5 cm³/mol. The minimum absolute atomic E-state index is 0.127. The van der Waals surface area contributed by atoms with E-state index in [0.717, 1.165) is 6.42 Å². The highest BCUT2D eigenvalue weighted by Crippen LogP contribution is 2.21. The van der Waals surface area contributed by atoms with E-state index in [-0.39, 0.29) is 17.9 Å². The first-order chi connectivity index (χ1) is 7.17. The van der Waals surface area contributed by atoms with Gasteiger partial charge in [0.25, 0.3) is 0 Å². The smallest absolute Gasteiger partial charge is 0.224 e. The Kier molecular flexibility index (Phi) is 5.08. The molecule has 1 aromatic heterocycles. The molecule has 0 amide bonds. The fraction of sp³-hybridized carbons (Fsp3) is 0.556. The van der Waals surface area contributed by atoms with Crippen LogP contribution in [0.5, 0.6) is 0 Å². The zero-order chi connectivity index (χ0) is 11.3. The lowest BCUT2D eigenvalue weighted by Gasteiger charge is -2.16. The molecule has 1 rings (SSSR count). The second kappa shape index (κ2) is 6.10. The number of hydrogen-bond donors (Lipinski definition) is 2. The molecule has 0 saturated heterocycles. The van der Waals surface area contributed by atoms with Crippen LogP contribution in [0.3, 0.4) is 0 Å². The summed E-state index contributed by atoms with van der Waals surface area (Å²) >= 11 is 11.5. The third-order valence-electron chi connectivity index (χ3n) is 2.03. The second-order valence-electron chi connectivity index (χ2n) is 3.10. The van der Waals surface area contributed by atoms with Gasteiger partial charge in [-0.25, -0.2) is 4.98 Å². The van der Waals surface area contributed by atoms with Crippen molar-refractivity contribution in [3.05, 3.63) is 16.5 Å². The number of anilines is 1. The van der Waals surface area contributed by atoms with Crippen LogP contribution in [0.2, 0.25) is 10.3 Å². The van der Waals surface area contributed by atoms with Crippen molar-refractivity contribution in [2.45, 2.75) is 25.8 Å². The van der Waals surface area contributed by atoms with Crippen LogP contribution in [0.15, 0.2) is 6.20 Å². The number of hydrogen-bond acceptors (Lipinski definition) is 4. The fourth-order valence-electron chi connectivity index (χ4n) is 1.17. The van der Waals surface area contributed by atoms with Crippen LogP contribution in [0.1, 0.15) is 19.8 Å². The molecule has 2 N–H and O–H groups in total. The molecule has 4 nitrogen and oxygen atoms in total. The average molecular weight is 250 g/mol. The molecule has 15 heavy (non-hydrogen) atoms. The van der Waals surface area contributed by atoms with E-state index in [1.165, 1.54) is 6.20 Å². The minimum Gasteiger partial charge on any atom is -0.396 e. The molecule has 0 aliphatic carbocycles. The van der Waals surface area contributed by atoms with Crippen molar-refractivity contribution in [2.24, 2.45) is 0 Å². The van der Waals surface area contributed by atoms with Gasteiger partial charge < -0.3 is 10.4 Å². The average Bonchev–Trinajstić information content (AvgIpc) is 2.22. The highest BCUT2D eigenvalue weighted by molar-refractivity contribution is 6.33. The molecule has 0 radical (unpaired) electrons. The molecule has 0 saturated carbocycles. The van der Waals surface area contributed by atoms with Crippen LogP contribution in [-0.4, -0.2) is 27.7 Å². The maximum absolute atomic E-state index is 8.84. The first kappa shape index (κ1) is 12.5. The van der Waals surface area contributed by atoms with Gasteiger partial charge in [-0.1, -0.05) is 18.5 Å². The predicted octanol–water partition coefficient (Wildman–Crippen LogP) is 2.36. The Labute approximate surface area is 98.6 Å². The van der Waals surface area contributed by atoms with Gasteiger partial charge in [0.1, 0.15) is 10.8 Å². The van der Waals surface area contributed by atoms with Crippen molar-refractivity contribution in [3.63, 3.8) is 0 Å². The van der Waals surface area contributed by atoms with Crippen LogP contribution in [0.25, 0.3) is 0 Å². The number of aliphatic hydroxyl groups is 1.